The SMILES string of the molecule is COc1cc(C)ccc1OCC(=O)N1CCC[C@H]1CN. The first-order chi connectivity index (χ1) is 9.65. The van der Waals surface area contributed by atoms with E-state index in [1.165, 1.54) is 0 Å². The highest BCUT2D eigenvalue weighted by atomic mass is 16.5. The molecule has 0 aromatic heterocycles. The summed E-state index contributed by atoms with van der Waals surface area (Å²) in [6.07, 6.45) is 2.00. The molecule has 1 saturated heterocycles. The summed E-state index contributed by atoms with van der Waals surface area (Å²) in [5.74, 6) is 1.23. The Balaban J connectivity index is 1.96. The number of amides is 1. The summed E-state index contributed by atoms with van der Waals surface area (Å²) in [6.45, 7) is 3.29. The summed E-state index contributed by atoms with van der Waals surface area (Å²) in [5.41, 5.74) is 6.76. The summed E-state index contributed by atoms with van der Waals surface area (Å²) in [5, 5.41) is 0. The third-order valence-corrected chi connectivity index (χ3v) is 3.64. The van der Waals surface area contributed by atoms with Gasteiger partial charge >= 0.3 is 0 Å². The lowest BCUT2D eigenvalue weighted by atomic mass is 10.2. The van der Waals surface area contributed by atoms with Gasteiger partial charge in [0, 0.05) is 19.1 Å². The second-order valence-corrected chi connectivity index (χ2v) is 5.06. The molecule has 1 fully saturated rings. The van der Waals surface area contributed by atoms with Crippen molar-refractivity contribution in [3.05, 3.63) is 23.8 Å². The van der Waals surface area contributed by atoms with Gasteiger partial charge in [0.05, 0.1) is 7.11 Å². The van der Waals surface area contributed by atoms with Crippen LogP contribution in [0.3, 0.4) is 0 Å². The number of aryl methyl sites for hydroxylation is 1. The molecule has 110 valence electrons. The van der Waals surface area contributed by atoms with Crippen LogP contribution >= 0.6 is 0 Å². The lowest BCUT2D eigenvalue weighted by Gasteiger charge is -2.23. The van der Waals surface area contributed by atoms with Gasteiger partial charge in [-0.15, -0.1) is 0 Å². The van der Waals surface area contributed by atoms with Crippen LogP contribution in [-0.2, 0) is 4.79 Å². The molecule has 1 heterocycles. The van der Waals surface area contributed by atoms with Crippen molar-refractivity contribution in [3.8, 4) is 11.5 Å². The van der Waals surface area contributed by atoms with Crippen LogP contribution < -0.4 is 15.2 Å². The fourth-order valence-corrected chi connectivity index (χ4v) is 2.53. The van der Waals surface area contributed by atoms with Crippen molar-refractivity contribution in [2.24, 2.45) is 5.73 Å². The highest BCUT2D eigenvalue weighted by Crippen LogP contribution is 2.28. The van der Waals surface area contributed by atoms with Crippen molar-refractivity contribution in [3.63, 3.8) is 0 Å². The van der Waals surface area contributed by atoms with Crippen LogP contribution in [0.5, 0.6) is 11.5 Å². The van der Waals surface area contributed by atoms with Crippen molar-refractivity contribution in [1.29, 1.82) is 0 Å². The molecule has 5 heteroatoms. The van der Waals surface area contributed by atoms with Crippen LogP contribution in [0.1, 0.15) is 18.4 Å². The van der Waals surface area contributed by atoms with Crippen LogP contribution in [0.2, 0.25) is 0 Å². The number of nitrogens with two attached hydrogens (primary N) is 1. The van der Waals surface area contributed by atoms with E-state index >= 15 is 0 Å². The first kappa shape index (κ1) is 14.7. The smallest absolute Gasteiger partial charge is 0.260 e. The van der Waals surface area contributed by atoms with Gasteiger partial charge in [-0.1, -0.05) is 6.07 Å². The number of nitrogens with zero attached hydrogens (tertiary/aromatic N) is 1. The van der Waals surface area contributed by atoms with Gasteiger partial charge < -0.3 is 20.1 Å². The van der Waals surface area contributed by atoms with Gasteiger partial charge in [0.25, 0.3) is 5.91 Å². The molecule has 5 nitrogen and oxygen atoms in total. The lowest BCUT2D eigenvalue weighted by Crippen LogP contribution is -2.42. The number of methoxy groups -OCH3 is 1. The quantitative estimate of drug-likeness (QED) is 0.882. The normalized spacial score (nSPS) is 18.1. The molecule has 0 radical (unpaired) electrons. The highest BCUT2D eigenvalue weighted by molar-refractivity contribution is 5.78. The third kappa shape index (κ3) is 3.22. The second kappa shape index (κ2) is 6.61. The van der Waals surface area contributed by atoms with Crippen molar-refractivity contribution in [2.45, 2.75) is 25.8 Å². The van der Waals surface area contributed by atoms with E-state index in [0.29, 0.717) is 18.0 Å². The average molecular weight is 278 g/mol. The predicted molar refractivity (Wildman–Crippen MR) is 77.0 cm³/mol. The van der Waals surface area contributed by atoms with Gasteiger partial charge in [0.2, 0.25) is 0 Å². The van der Waals surface area contributed by atoms with Gasteiger partial charge in [0.15, 0.2) is 18.1 Å². The van der Waals surface area contributed by atoms with Crippen molar-refractivity contribution < 1.29 is 14.3 Å². The summed E-state index contributed by atoms with van der Waals surface area (Å²) < 4.78 is 10.8. The molecule has 2 rings (SSSR count). The molecule has 0 saturated carbocycles. The van der Waals surface area contributed by atoms with Gasteiger partial charge in [-0.3, -0.25) is 4.79 Å². The van der Waals surface area contributed by atoms with E-state index in [9.17, 15) is 4.79 Å². The largest absolute Gasteiger partial charge is 0.493 e. The molecule has 1 aromatic rings. The predicted octanol–water partition coefficient (Wildman–Crippen LogP) is 1.33. The number of likely N-dealkylation sites (tertiary alicyclic amines) is 1. The van der Waals surface area contributed by atoms with E-state index < -0.39 is 0 Å². The molecule has 1 amide bonds. The second-order valence-electron chi connectivity index (χ2n) is 5.06. The average Bonchev–Trinajstić information content (AvgIpc) is 2.94. The lowest BCUT2D eigenvalue weighted by molar-refractivity contribution is -0.134. The molecule has 0 unspecified atom stereocenters. The standard InChI is InChI=1S/C15H22N2O3/c1-11-5-6-13(14(8-11)19-2)20-10-15(18)17-7-3-4-12(17)9-16/h5-6,8,12H,3-4,7,9-10,16H2,1-2H3/t12-/m0/s1. The zero-order valence-electron chi connectivity index (χ0n) is 12.1. The number of carbonyl (C=O) groups is 1. The number of carbonyl (C=O) groups excluding carboxylic acids is 1. The Bertz CT molecular complexity index is 476. The van der Waals surface area contributed by atoms with E-state index in [4.69, 9.17) is 15.2 Å². The molecule has 1 aliphatic rings. The molecule has 1 atom stereocenters. The molecule has 2 N–H and O–H groups in total. The number of rotatable bonds is 5. The Hall–Kier alpha value is -1.75. The maximum atomic E-state index is 12.2. The molecule has 20 heavy (non-hydrogen) atoms. The summed E-state index contributed by atoms with van der Waals surface area (Å²) in [6, 6.07) is 5.80. The van der Waals surface area contributed by atoms with Crippen LogP contribution in [-0.4, -0.2) is 43.7 Å². The number of ether oxygens (including phenoxy) is 2. The first-order valence-corrected chi connectivity index (χ1v) is 6.92. The summed E-state index contributed by atoms with van der Waals surface area (Å²) in [7, 11) is 1.59. The minimum atomic E-state index is -0.0134. The van der Waals surface area contributed by atoms with Gasteiger partial charge in [-0.05, 0) is 37.5 Å². The number of benzene rings is 1. The fraction of sp³-hybridized carbons (Fsp3) is 0.533. The zero-order chi connectivity index (χ0) is 14.5. The Morgan fingerprint density at radius 2 is 2.25 bits per heavy atom. The van der Waals surface area contributed by atoms with Crippen molar-refractivity contribution in [1.82, 2.24) is 4.90 Å². The van der Waals surface area contributed by atoms with E-state index in [1.54, 1.807) is 7.11 Å². The van der Waals surface area contributed by atoms with Crippen molar-refractivity contribution >= 4 is 5.91 Å². The van der Waals surface area contributed by atoms with E-state index in [0.717, 1.165) is 24.9 Å². The Morgan fingerprint density at radius 1 is 1.45 bits per heavy atom. The number of hydrogen-bond donors (Lipinski definition) is 1. The molecule has 1 aromatic carbocycles. The molecule has 0 spiro atoms. The monoisotopic (exact) mass is 278 g/mol. The fourth-order valence-electron chi connectivity index (χ4n) is 2.53. The molecule has 0 aliphatic carbocycles. The van der Waals surface area contributed by atoms with Gasteiger partial charge in [-0.2, -0.15) is 0 Å². The Labute approximate surface area is 119 Å². The van der Waals surface area contributed by atoms with Crippen LogP contribution in [0.4, 0.5) is 0 Å². The first-order valence-electron chi connectivity index (χ1n) is 6.92. The molecule has 0 bridgehead atoms. The zero-order valence-corrected chi connectivity index (χ0v) is 12.1. The van der Waals surface area contributed by atoms with Gasteiger partial charge in [0.1, 0.15) is 0 Å². The third-order valence-electron chi connectivity index (χ3n) is 3.64. The minimum Gasteiger partial charge on any atom is -0.493 e. The molecular formula is C15H22N2O3. The van der Waals surface area contributed by atoms with E-state index in [-0.39, 0.29) is 18.6 Å². The molecule has 1 aliphatic heterocycles. The van der Waals surface area contributed by atoms with Crippen LogP contribution in [0, 0.1) is 6.92 Å². The summed E-state index contributed by atoms with van der Waals surface area (Å²) >= 11 is 0. The van der Waals surface area contributed by atoms with E-state index in [1.807, 2.05) is 30.0 Å². The topological polar surface area (TPSA) is 64.8 Å². The van der Waals surface area contributed by atoms with Gasteiger partial charge in [-0.25, -0.2) is 0 Å². The highest BCUT2D eigenvalue weighted by Gasteiger charge is 2.27. The summed E-state index contributed by atoms with van der Waals surface area (Å²) in [4.78, 5) is 14.0. The minimum absolute atomic E-state index is 0.0134. The molecular weight excluding hydrogens is 256 g/mol. The van der Waals surface area contributed by atoms with Crippen LogP contribution in [0.15, 0.2) is 18.2 Å². The van der Waals surface area contributed by atoms with Crippen molar-refractivity contribution in [2.75, 3.05) is 26.8 Å². The Morgan fingerprint density at radius 3 is 2.95 bits per heavy atom. The maximum Gasteiger partial charge on any atom is 0.260 e. The Kier molecular flexibility index (Phi) is 4.84. The number of hydrogen-bond acceptors (Lipinski definition) is 4. The van der Waals surface area contributed by atoms with Crippen LogP contribution in [0.25, 0.3) is 0 Å². The maximum absolute atomic E-state index is 12.2. The van der Waals surface area contributed by atoms with E-state index in [2.05, 4.69) is 0 Å².